The highest BCUT2D eigenvalue weighted by atomic mass is 35.5. The zero-order valence-corrected chi connectivity index (χ0v) is 13.7. The minimum atomic E-state index is -0.0144. The summed E-state index contributed by atoms with van der Waals surface area (Å²) in [6.45, 7) is 4.16. The second-order valence-corrected chi connectivity index (χ2v) is 6.18. The van der Waals surface area contributed by atoms with Gasteiger partial charge in [-0.15, -0.1) is 0 Å². The van der Waals surface area contributed by atoms with E-state index in [1.54, 1.807) is 12.1 Å². The Kier molecular flexibility index (Phi) is 6.25. The smallest absolute Gasteiger partial charge is 0.255 e. The van der Waals surface area contributed by atoms with Crippen LogP contribution >= 0.6 is 11.6 Å². The first-order valence-electron chi connectivity index (χ1n) is 7.92. The van der Waals surface area contributed by atoms with Gasteiger partial charge in [0.15, 0.2) is 0 Å². The molecule has 0 atom stereocenters. The monoisotopic (exact) mass is 322 g/mol. The van der Waals surface area contributed by atoms with E-state index >= 15 is 0 Å². The summed E-state index contributed by atoms with van der Waals surface area (Å²) in [5, 5.41) is 3.40. The topological polar surface area (TPSA) is 49.4 Å². The van der Waals surface area contributed by atoms with Crippen molar-refractivity contribution in [1.82, 2.24) is 10.2 Å². The predicted molar refractivity (Wildman–Crippen MR) is 88.0 cm³/mol. The van der Waals surface area contributed by atoms with Gasteiger partial charge in [0.1, 0.15) is 0 Å². The Morgan fingerprint density at radius 1 is 1.27 bits per heavy atom. The Morgan fingerprint density at radius 3 is 2.59 bits per heavy atom. The lowest BCUT2D eigenvalue weighted by atomic mass is 9.93. The first-order chi connectivity index (χ1) is 10.6. The molecule has 1 saturated heterocycles. The summed E-state index contributed by atoms with van der Waals surface area (Å²) >= 11 is 6.08. The number of benzene rings is 1. The summed E-state index contributed by atoms with van der Waals surface area (Å²) in [6, 6.07) is 7.14. The number of amides is 2. The predicted octanol–water partition coefficient (Wildman–Crippen LogP) is 3.11. The molecule has 0 saturated carbocycles. The van der Waals surface area contributed by atoms with E-state index in [1.165, 1.54) is 0 Å². The lowest BCUT2D eigenvalue weighted by molar-refractivity contribution is -0.122. The molecule has 0 bridgehead atoms. The van der Waals surface area contributed by atoms with Crippen molar-refractivity contribution in [2.75, 3.05) is 19.6 Å². The number of nitrogens with zero attached hydrogens (tertiary/aromatic N) is 1. The third kappa shape index (κ3) is 4.47. The average Bonchev–Trinajstić information content (AvgIpc) is 2.53. The molecule has 0 aromatic heterocycles. The number of hydrogen-bond acceptors (Lipinski definition) is 2. The highest BCUT2D eigenvalue weighted by Crippen LogP contribution is 2.24. The number of carbonyl (C=O) groups excluding carboxylic acids is 2. The lowest BCUT2D eigenvalue weighted by Gasteiger charge is -2.32. The maximum absolute atomic E-state index is 12.5. The normalized spacial score (nSPS) is 15.6. The Morgan fingerprint density at radius 2 is 1.95 bits per heavy atom. The van der Waals surface area contributed by atoms with E-state index in [1.807, 2.05) is 24.0 Å². The number of carbonyl (C=O) groups is 2. The highest BCUT2D eigenvalue weighted by Gasteiger charge is 2.25. The van der Waals surface area contributed by atoms with E-state index in [2.05, 4.69) is 5.32 Å². The Balaban J connectivity index is 1.83. The fourth-order valence-electron chi connectivity index (χ4n) is 2.74. The van der Waals surface area contributed by atoms with E-state index in [9.17, 15) is 9.59 Å². The molecule has 1 aliphatic rings. The molecule has 120 valence electrons. The third-order valence-electron chi connectivity index (χ3n) is 4.05. The number of piperidine rings is 1. The van der Waals surface area contributed by atoms with Crippen LogP contribution in [-0.4, -0.2) is 36.3 Å². The number of halogens is 1. The fraction of sp³-hybridized carbons (Fsp3) is 0.529. The van der Waals surface area contributed by atoms with Crippen LogP contribution in [0.5, 0.6) is 0 Å². The summed E-state index contributed by atoms with van der Waals surface area (Å²) in [6.07, 6.45) is 3.26. The SMILES string of the molecule is CCCNC(=O)CC1CCN(C(=O)c2ccccc2Cl)CC1. The molecular weight excluding hydrogens is 300 g/mol. The van der Waals surface area contributed by atoms with Crippen LogP contribution in [0.1, 0.15) is 43.0 Å². The summed E-state index contributed by atoms with van der Waals surface area (Å²) in [5.74, 6) is 0.476. The van der Waals surface area contributed by atoms with Gasteiger partial charge in [0, 0.05) is 26.1 Å². The van der Waals surface area contributed by atoms with E-state index in [-0.39, 0.29) is 11.8 Å². The summed E-state index contributed by atoms with van der Waals surface area (Å²) < 4.78 is 0. The van der Waals surface area contributed by atoms with Crippen molar-refractivity contribution in [3.8, 4) is 0 Å². The minimum absolute atomic E-state index is 0.0144. The highest BCUT2D eigenvalue weighted by molar-refractivity contribution is 6.33. The van der Waals surface area contributed by atoms with E-state index in [0.717, 1.165) is 25.8 Å². The van der Waals surface area contributed by atoms with Crippen LogP contribution in [0.4, 0.5) is 0 Å². The second kappa shape index (κ2) is 8.18. The van der Waals surface area contributed by atoms with Crippen molar-refractivity contribution in [2.24, 2.45) is 5.92 Å². The molecular formula is C17H23ClN2O2. The summed E-state index contributed by atoms with van der Waals surface area (Å²) in [4.78, 5) is 26.0. The first-order valence-corrected chi connectivity index (χ1v) is 8.30. The molecule has 0 radical (unpaired) electrons. The van der Waals surface area contributed by atoms with Gasteiger partial charge in [-0.05, 0) is 37.3 Å². The molecule has 0 aliphatic carbocycles. The van der Waals surface area contributed by atoms with Gasteiger partial charge >= 0.3 is 0 Å². The summed E-state index contributed by atoms with van der Waals surface area (Å²) in [7, 11) is 0. The molecule has 1 aliphatic heterocycles. The van der Waals surface area contributed by atoms with Gasteiger partial charge in [-0.25, -0.2) is 0 Å². The average molecular weight is 323 g/mol. The fourth-order valence-corrected chi connectivity index (χ4v) is 2.96. The zero-order valence-electron chi connectivity index (χ0n) is 13.0. The van der Waals surface area contributed by atoms with Gasteiger partial charge in [-0.3, -0.25) is 9.59 Å². The maximum Gasteiger partial charge on any atom is 0.255 e. The molecule has 1 aromatic rings. The van der Waals surface area contributed by atoms with Crippen molar-refractivity contribution in [3.05, 3.63) is 34.9 Å². The van der Waals surface area contributed by atoms with Gasteiger partial charge in [0.2, 0.25) is 5.91 Å². The van der Waals surface area contributed by atoms with Gasteiger partial charge < -0.3 is 10.2 Å². The molecule has 2 amide bonds. The van der Waals surface area contributed by atoms with Gasteiger partial charge in [0.05, 0.1) is 10.6 Å². The second-order valence-electron chi connectivity index (χ2n) is 5.77. The van der Waals surface area contributed by atoms with Gasteiger partial charge in [-0.2, -0.15) is 0 Å². The maximum atomic E-state index is 12.5. The number of hydrogen-bond donors (Lipinski definition) is 1. The Labute approximate surface area is 136 Å². The van der Waals surface area contributed by atoms with Crippen molar-refractivity contribution in [3.63, 3.8) is 0 Å². The number of nitrogens with one attached hydrogen (secondary N) is 1. The molecule has 4 nitrogen and oxygen atoms in total. The molecule has 1 fully saturated rings. The van der Waals surface area contributed by atoms with Crippen LogP contribution in [-0.2, 0) is 4.79 Å². The van der Waals surface area contributed by atoms with E-state index in [4.69, 9.17) is 11.6 Å². The van der Waals surface area contributed by atoms with Crippen molar-refractivity contribution in [1.29, 1.82) is 0 Å². The molecule has 1 N–H and O–H groups in total. The van der Waals surface area contributed by atoms with Crippen LogP contribution in [0, 0.1) is 5.92 Å². The van der Waals surface area contributed by atoms with Crippen LogP contribution in [0.15, 0.2) is 24.3 Å². The molecule has 22 heavy (non-hydrogen) atoms. The molecule has 5 heteroatoms. The molecule has 1 aromatic carbocycles. The quantitative estimate of drug-likeness (QED) is 0.905. The molecule has 0 unspecified atom stereocenters. The summed E-state index contributed by atoms with van der Waals surface area (Å²) in [5.41, 5.74) is 0.559. The van der Waals surface area contributed by atoms with Crippen molar-refractivity contribution in [2.45, 2.75) is 32.6 Å². The molecule has 2 rings (SSSR count). The molecule has 1 heterocycles. The van der Waals surface area contributed by atoms with Gasteiger partial charge in [0.25, 0.3) is 5.91 Å². The van der Waals surface area contributed by atoms with E-state index in [0.29, 0.717) is 36.0 Å². The standard InChI is InChI=1S/C17H23ClN2O2/c1-2-9-19-16(21)12-13-7-10-20(11-8-13)17(22)14-5-3-4-6-15(14)18/h3-6,13H,2,7-12H2,1H3,(H,19,21). The Hall–Kier alpha value is -1.55. The van der Waals surface area contributed by atoms with Crippen molar-refractivity contribution < 1.29 is 9.59 Å². The van der Waals surface area contributed by atoms with Gasteiger partial charge in [-0.1, -0.05) is 30.7 Å². The largest absolute Gasteiger partial charge is 0.356 e. The minimum Gasteiger partial charge on any atom is -0.356 e. The third-order valence-corrected chi connectivity index (χ3v) is 4.38. The number of likely N-dealkylation sites (tertiary alicyclic amines) is 1. The first kappa shape index (κ1) is 16.8. The van der Waals surface area contributed by atoms with Crippen LogP contribution in [0.3, 0.4) is 0 Å². The lowest BCUT2D eigenvalue weighted by Crippen LogP contribution is -2.39. The van der Waals surface area contributed by atoms with Crippen LogP contribution < -0.4 is 5.32 Å². The van der Waals surface area contributed by atoms with E-state index < -0.39 is 0 Å². The Bertz CT molecular complexity index is 525. The van der Waals surface area contributed by atoms with Crippen molar-refractivity contribution >= 4 is 23.4 Å². The number of rotatable bonds is 5. The van der Waals surface area contributed by atoms with Crippen LogP contribution in [0.2, 0.25) is 5.02 Å². The van der Waals surface area contributed by atoms with Crippen LogP contribution in [0.25, 0.3) is 0 Å². The molecule has 0 spiro atoms. The zero-order chi connectivity index (χ0) is 15.9.